The van der Waals surface area contributed by atoms with Crippen LogP contribution in [0.25, 0.3) is 0 Å². The minimum absolute atomic E-state index is 0.0248. The Morgan fingerprint density at radius 1 is 1.22 bits per heavy atom. The van der Waals surface area contributed by atoms with Gasteiger partial charge < -0.3 is 19.4 Å². The van der Waals surface area contributed by atoms with Crippen molar-refractivity contribution in [1.29, 1.82) is 0 Å². The van der Waals surface area contributed by atoms with Crippen molar-refractivity contribution in [2.24, 2.45) is 0 Å². The minimum Gasteiger partial charge on any atom is -0.463 e. The van der Waals surface area contributed by atoms with Crippen LogP contribution in [-0.2, 0) is 4.74 Å². The number of ether oxygens (including phenoxy) is 1. The molecular formula is C18H16Br4O5. The van der Waals surface area contributed by atoms with Crippen LogP contribution >= 0.6 is 63.7 Å². The van der Waals surface area contributed by atoms with Gasteiger partial charge in [0.2, 0.25) is 0 Å². The van der Waals surface area contributed by atoms with Gasteiger partial charge in [-0.25, -0.2) is 0 Å². The summed E-state index contributed by atoms with van der Waals surface area (Å²) >= 11 is 14.0. The molecule has 27 heavy (non-hydrogen) atoms. The average Bonchev–Trinajstić information content (AvgIpc) is 3.16. The van der Waals surface area contributed by atoms with E-state index in [0.29, 0.717) is 17.1 Å². The molecule has 146 valence electrons. The number of furan rings is 1. The molecule has 1 aliphatic rings. The van der Waals surface area contributed by atoms with Crippen molar-refractivity contribution in [3.05, 3.63) is 55.9 Å². The summed E-state index contributed by atoms with van der Waals surface area (Å²) in [7, 11) is 0. The zero-order valence-corrected chi connectivity index (χ0v) is 20.4. The summed E-state index contributed by atoms with van der Waals surface area (Å²) in [6, 6.07) is 7.32. The number of hydrogen-bond donors (Lipinski definition) is 2. The molecular weight excluding hydrogens is 616 g/mol. The molecule has 0 bridgehead atoms. The van der Waals surface area contributed by atoms with Gasteiger partial charge in [0, 0.05) is 8.95 Å². The molecule has 1 saturated heterocycles. The van der Waals surface area contributed by atoms with Crippen LogP contribution in [0.1, 0.15) is 38.4 Å². The Balaban J connectivity index is 1.83. The van der Waals surface area contributed by atoms with Gasteiger partial charge in [0.15, 0.2) is 5.78 Å². The lowest BCUT2D eigenvalue weighted by atomic mass is 10.0. The number of alkyl halides is 2. The molecule has 1 aromatic carbocycles. The van der Waals surface area contributed by atoms with E-state index >= 15 is 0 Å². The molecule has 9 heteroatoms. The fraction of sp³-hybridized carbons (Fsp3) is 0.389. The molecule has 2 N–H and O–H groups in total. The van der Waals surface area contributed by atoms with Gasteiger partial charge in [-0.15, -0.1) is 0 Å². The van der Waals surface area contributed by atoms with Crippen LogP contribution in [0.4, 0.5) is 0 Å². The summed E-state index contributed by atoms with van der Waals surface area (Å²) in [6.45, 7) is 1.71. The number of aryl methyl sites for hydroxylation is 1. The molecule has 2 heterocycles. The van der Waals surface area contributed by atoms with Gasteiger partial charge in [0.1, 0.15) is 29.8 Å². The first-order valence-electron chi connectivity index (χ1n) is 8.06. The van der Waals surface area contributed by atoms with Gasteiger partial charge in [0.05, 0.1) is 21.8 Å². The Morgan fingerprint density at radius 2 is 1.93 bits per heavy atom. The Morgan fingerprint density at radius 3 is 2.52 bits per heavy atom. The number of hydrogen-bond acceptors (Lipinski definition) is 5. The van der Waals surface area contributed by atoms with Crippen LogP contribution in [0.15, 0.2) is 37.6 Å². The van der Waals surface area contributed by atoms with E-state index in [-0.39, 0.29) is 17.2 Å². The van der Waals surface area contributed by atoms with Crippen LogP contribution in [0, 0.1) is 6.92 Å². The molecule has 5 atom stereocenters. The van der Waals surface area contributed by atoms with E-state index < -0.39 is 23.1 Å². The molecule has 0 amide bonds. The summed E-state index contributed by atoms with van der Waals surface area (Å²) in [5, 5.41) is 19.6. The SMILES string of the molecule is Cc1oc(C2OC[C@@H](O)[C@H]2O)cc1C(=O)C(Br)C(Br)c1ccc(Br)cc1Br. The molecule has 5 nitrogen and oxygen atoms in total. The summed E-state index contributed by atoms with van der Waals surface area (Å²) in [5.41, 5.74) is 1.33. The third-order valence-corrected chi connectivity index (χ3v) is 8.26. The van der Waals surface area contributed by atoms with E-state index in [1.165, 1.54) is 0 Å². The molecule has 0 radical (unpaired) electrons. The highest BCUT2D eigenvalue weighted by molar-refractivity contribution is 9.12. The van der Waals surface area contributed by atoms with Gasteiger partial charge in [0.25, 0.3) is 0 Å². The molecule has 1 aliphatic heterocycles. The van der Waals surface area contributed by atoms with E-state index in [9.17, 15) is 15.0 Å². The summed E-state index contributed by atoms with van der Waals surface area (Å²) < 4.78 is 12.8. The number of rotatable bonds is 5. The Kier molecular flexibility index (Phi) is 7.04. The Hall–Kier alpha value is -0.0300. The topological polar surface area (TPSA) is 79.9 Å². The number of Topliss-reactive ketones (excluding diaryl/α,β-unsaturated/α-hetero) is 1. The number of carbonyl (C=O) groups excluding carboxylic acids is 1. The smallest absolute Gasteiger partial charge is 0.181 e. The maximum absolute atomic E-state index is 13.0. The largest absolute Gasteiger partial charge is 0.463 e. The van der Waals surface area contributed by atoms with Crippen molar-refractivity contribution in [3.63, 3.8) is 0 Å². The Labute approximate surface area is 190 Å². The van der Waals surface area contributed by atoms with Gasteiger partial charge in [-0.3, -0.25) is 4.79 Å². The molecule has 1 fully saturated rings. The monoisotopic (exact) mass is 628 g/mol. The van der Waals surface area contributed by atoms with E-state index in [2.05, 4.69) is 63.7 Å². The van der Waals surface area contributed by atoms with E-state index in [1.54, 1.807) is 13.0 Å². The van der Waals surface area contributed by atoms with Crippen LogP contribution in [0.2, 0.25) is 0 Å². The number of benzene rings is 1. The quantitative estimate of drug-likeness (QED) is 0.359. The van der Waals surface area contributed by atoms with Crippen LogP contribution in [-0.4, -0.2) is 39.6 Å². The number of aliphatic hydroxyl groups is 2. The van der Waals surface area contributed by atoms with Gasteiger partial charge in [-0.05, 0) is 30.7 Å². The van der Waals surface area contributed by atoms with E-state index in [1.807, 2.05) is 18.2 Å². The lowest BCUT2D eigenvalue weighted by molar-refractivity contribution is 0.0117. The fourth-order valence-electron chi connectivity index (χ4n) is 2.91. The summed E-state index contributed by atoms with van der Waals surface area (Å²) in [6.07, 6.45) is -2.83. The molecule has 0 saturated carbocycles. The van der Waals surface area contributed by atoms with Crippen molar-refractivity contribution in [2.75, 3.05) is 6.61 Å². The number of aliphatic hydroxyl groups excluding tert-OH is 2. The maximum atomic E-state index is 13.0. The van der Waals surface area contributed by atoms with Crippen LogP contribution in [0.5, 0.6) is 0 Å². The predicted molar refractivity (Wildman–Crippen MR) is 115 cm³/mol. The van der Waals surface area contributed by atoms with Crippen molar-refractivity contribution in [3.8, 4) is 0 Å². The highest BCUT2D eigenvalue weighted by Gasteiger charge is 2.39. The second-order valence-electron chi connectivity index (χ2n) is 6.26. The Bertz CT molecular complexity index is 852. The first-order chi connectivity index (χ1) is 12.7. The first kappa shape index (κ1) is 21.7. The molecule has 1 aromatic heterocycles. The lowest BCUT2D eigenvalue weighted by Crippen LogP contribution is -2.24. The number of carbonyl (C=O) groups is 1. The molecule has 0 aliphatic carbocycles. The standard InChI is InChI=1S/C18H16Br4O5/c1-7-10(5-13(27-7)18-17(25)12(23)6-26-18)16(24)15(22)14(21)9-3-2-8(19)4-11(9)20/h2-5,12,14-15,17-18,23,25H,6H2,1H3/t12-,14?,15?,17-,18?/m1/s1. The number of ketones is 1. The number of halogens is 4. The second kappa shape index (κ2) is 8.77. The van der Waals surface area contributed by atoms with Gasteiger partial charge in [-0.2, -0.15) is 0 Å². The van der Waals surface area contributed by atoms with Crippen molar-refractivity contribution < 1.29 is 24.2 Å². The van der Waals surface area contributed by atoms with Gasteiger partial charge in [-0.1, -0.05) is 69.8 Å². The third kappa shape index (κ3) is 4.44. The molecule has 3 rings (SSSR count). The lowest BCUT2D eigenvalue weighted by Gasteiger charge is -2.17. The van der Waals surface area contributed by atoms with Crippen molar-refractivity contribution >= 4 is 69.5 Å². The summed E-state index contributed by atoms with van der Waals surface area (Å²) in [5.74, 6) is 0.606. The van der Waals surface area contributed by atoms with Crippen molar-refractivity contribution in [1.82, 2.24) is 0 Å². The highest BCUT2D eigenvalue weighted by atomic mass is 79.9. The van der Waals surface area contributed by atoms with E-state index in [0.717, 1.165) is 14.5 Å². The second-order valence-corrected chi connectivity index (χ2v) is 10.0. The van der Waals surface area contributed by atoms with Crippen LogP contribution in [0.3, 0.4) is 0 Å². The minimum atomic E-state index is -1.08. The molecule has 0 spiro atoms. The first-order valence-corrected chi connectivity index (χ1v) is 11.5. The van der Waals surface area contributed by atoms with Crippen molar-refractivity contribution in [2.45, 2.75) is 34.9 Å². The molecule has 2 aromatic rings. The fourth-order valence-corrected chi connectivity index (χ4v) is 5.68. The summed E-state index contributed by atoms with van der Waals surface area (Å²) in [4.78, 5) is 12.2. The highest BCUT2D eigenvalue weighted by Crippen LogP contribution is 2.39. The zero-order chi connectivity index (χ0) is 19.9. The molecule has 3 unspecified atom stereocenters. The third-order valence-electron chi connectivity index (χ3n) is 4.40. The van der Waals surface area contributed by atoms with Gasteiger partial charge >= 0.3 is 0 Å². The predicted octanol–water partition coefficient (Wildman–Crippen LogP) is 4.99. The maximum Gasteiger partial charge on any atom is 0.181 e. The zero-order valence-electron chi connectivity index (χ0n) is 14.0. The van der Waals surface area contributed by atoms with E-state index in [4.69, 9.17) is 9.15 Å². The van der Waals surface area contributed by atoms with Crippen LogP contribution < -0.4 is 0 Å². The average molecular weight is 632 g/mol. The normalized spacial score (nSPS) is 24.8.